The van der Waals surface area contributed by atoms with E-state index in [4.69, 9.17) is 0 Å². The fraction of sp³-hybridized carbons (Fsp3) is 0.100. The lowest BCUT2D eigenvalue weighted by Crippen LogP contribution is -2.16. The number of amides is 1. The predicted molar refractivity (Wildman–Crippen MR) is 98.6 cm³/mol. The highest BCUT2D eigenvalue weighted by Gasteiger charge is 2.15. The van der Waals surface area contributed by atoms with Crippen LogP contribution in [0.2, 0.25) is 0 Å². The van der Waals surface area contributed by atoms with Gasteiger partial charge in [0.05, 0.1) is 12.1 Å². The zero-order valence-corrected chi connectivity index (χ0v) is 14.2. The van der Waals surface area contributed by atoms with E-state index in [0.29, 0.717) is 23.6 Å². The highest BCUT2D eigenvalue weighted by molar-refractivity contribution is 6.05. The van der Waals surface area contributed by atoms with Gasteiger partial charge in [-0.2, -0.15) is 5.10 Å². The predicted octanol–water partition coefficient (Wildman–Crippen LogP) is 3.81. The molecule has 2 aromatic carbocycles. The molecule has 0 aliphatic rings. The van der Waals surface area contributed by atoms with Crippen LogP contribution in [0.25, 0.3) is 10.9 Å². The van der Waals surface area contributed by atoms with Crippen LogP contribution in [0.5, 0.6) is 0 Å². The van der Waals surface area contributed by atoms with Crippen molar-refractivity contribution in [1.82, 2.24) is 14.3 Å². The summed E-state index contributed by atoms with van der Waals surface area (Å²) in [5.41, 5.74) is 2.25. The maximum absolute atomic E-state index is 13.4. The number of hydrogen-bond donors (Lipinski definition) is 1. The van der Waals surface area contributed by atoms with Crippen molar-refractivity contribution in [1.29, 1.82) is 0 Å². The van der Waals surface area contributed by atoms with Crippen LogP contribution in [-0.4, -0.2) is 20.3 Å². The van der Waals surface area contributed by atoms with Crippen molar-refractivity contribution in [3.8, 4) is 0 Å². The van der Waals surface area contributed by atoms with Crippen LogP contribution < -0.4 is 5.32 Å². The molecule has 0 atom stereocenters. The normalized spacial score (nSPS) is 11.0. The maximum atomic E-state index is 13.4. The van der Waals surface area contributed by atoms with Crippen molar-refractivity contribution < 1.29 is 9.18 Å². The molecule has 6 heteroatoms. The van der Waals surface area contributed by atoms with E-state index in [2.05, 4.69) is 10.4 Å². The monoisotopic (exact) mass is 348 g/mol. The van der Waals surface area contributed by atoms with Gasteiger partial charge >= 0.3 is 0 Å². The molecule has 4 rings (SSSR count). The van der Waals surface area contributed by atoms with Gasteiger partial charge in [0.1, 0.15) is 11.5 Å². The van der Waals surface area contributed by atoms with Crippen molar-refractivity contribution in [3.63, 3.8) is 0 Å². The van der Waals surface area contributed by atoms with Gasteiger partial charge in [-0.1, -0.05) is 30.3 Å². The molecule has 0 unspecified atom stereocenters. The molecule has 1 amide bonds. The lowest BCUT2D eigenvalue weighted by molar-refractivity contribution is 0.101. The summed E-state index contributed by atoms with van der Waals surface area (Å²) in [6.45, 7) is 0.629. The lowest BCUT2D eigenvalue weighted by atomic mass is 10.2. The molecule has 2 aromatic heterocycles. The summed E-state index contributed by atoms with van der Waals surface area (Å²) in [6.07, 6.45) is 1.82. The van der Waals surface area contributed by atoms with Crippen LogP contribution in [0, 0.1) is 5.82 Å². The van der Waals surface area contributed by atoms with Crippen molar-refractivity contribution >= 4 is 22.6 Å². The largest absolute Gasteiger partial charge is 0.340 e. The highest BCUT2D eigenvalue weighted by atomic mass is 19.1. The quantitative estimate of drug-likeness (QED) is 0.610. The number of fused-ring (bicyclic) bond motifs is 1. The Morgan fingerprint density at radius 3 is 2.73 bits per heavy atom. The van der Waals surface area contributed by atoms with Gasteiger partial charge in [0.15, 0.2) is 5.82 Å². The summed E-state index contributed by atoms with van der Waals surface area (Å²) in [6, 6.07) is 17.9. The molecule has 0 radical (unpaired) electrons. The number of benzene rings is 2. The minimum Gasteiger partial charge on any atom is -0.340 e. The first kappa shape index (κ1) is 16.1. The number of carbonyl (C=O) groups is 1. The molecule has 4 aromatic rings. The van der Waals surface area contributed by atoms with E-state index in [1.807, 2.05) is 36.5 Å². The second-order valence-corrected chi connectivity index (χ2v) is 6.13. The summed E-state index contributed by atoms with van der Waals surface area (Å²) in [5, 5.41) is 7.99. The molecule has 0 fully saturated rings. The van der Waals surface area contributed by atoms with E-state index in [1.54, 1.807) is 34.5 Å². The van der Waals surface area contributed by atoms with Gasteiger partial charge in [-0.3, -0.25) is 9.48 Å². The van der Waals surface area contributed by atoms with Gasteiger partial charge in [0, 0.05) is 24.7 Å². The summed E-state index contributed by atoms with van der Waals surface area (Å²) < 4.78 is 16.9. The van der Waals surface area contributed by atoms with Crippen LogP contribution in [0.1, 0.15) is 16.1 Å². The Kier molecular flexibility index (Phi) is 4.01. The number of anilines is 1. The van der Waals surface area contributed by atoms with Crippen LogP contribution in [0.3, 0.4) is 0 Å². The number of halogens is 1. The van der Waals surface area contributed by atoms with Gasteiger partial charge in [0.25, 0.3) is 5.91 Å². The zero-order chi connectivity index (χ0) is 18.1. The van der Waals surface area contributed by atoms with Gasteiger partial charge in [-0.25, -0.2) is 4.39 Å². The van der Waals surface area contributed by atoms with Gasteiger partial charge < -0.3 is 9.88 Å². The SMILES string of the molecule is Cn1c(C(=O)Nc2ccn(Cc3ccccc3)n2)cc2ccc(F)cc21. The Hall–Kier alpha value is -3.41. The third-order valence-corrected chi connectivity index (χ3v) is 4.31. The number of nitrogens with one attached hydrogen (secondary N) is 1. The van der Waals surface area contributed by atoms with Crippen molar-refractivity contribution in [2.24, 2.45) is 7.05 Å². The van der Waals surface area contributed by atoms with E-state index in [1.165, 1.54) is 12.1 Å². The molecule has 0 saturated carbocycles. The van der Waals surface area contributed by atoms with E-state index < -0.39 is 0 Å². The molecule has 1 N–H and O–H groups in total. The molecule has 130 valence electrons. The molecule has 0 aliphatic heterocycles. The smallest absolute Gasteiger partial charge is 0.273 e. The van der Waals surface area contributed by atoms with E-state index in [0.717, 1.165) is 10.9 Å². The van der Waals surface area contributed by atoms with Crippen molar-refractivity contribution in [3.05, 3.63) is 83.9 Å². The van der Waals surface area contributed by atoms with Gasteiger partial charge in [-0.15, -0.1) is 0 Å². The van der Waals surface area contributed by atoms with E-state index in [9.17, 15) is 9.18 Å². The highest BCUT2D eigenvalue weighted by Crippen LogP contribution is 2.20. The molecular weight excluding hydrogens is 331 g/mol. The molecule has 0 saturated heterocycles. The molecule has 0 aliphatic carbocycles. The zero-order valence-electron chi connectivity index (χ0n) is 14.2. The minimum atomic E-state index is -0.328. The first-order valence-corrected chi connectivity index (χ1v) is 8.24. The van der Waals surface area contributed by atoms with Gasteiger partial charge in [-0.05, 0) is 29.8 Å². The Morgan fingerprint density at radius 2 is 1.92 bits per heavy atom. The summed E-state index contributed by atoms with van der Waals surface area (Å²) in [5.74, 6) is -0.137. The Morgan fingerprint density at radius 1 is 1.12 bits per heavy atom. The van der Waals surface area contributed by atoms with E-state index in [-0.39, 0.29) is 11.7 Å². The van der Waals surface area contributed by atoms with Crippen LogP contribution in [0.15, 0.2) is 66.9 Å². The molecule has 0 spiro atoms. The average molecular weight is 348 g/mol. The Bertz CT molecular complexity index is 1080. The number of rotatable bonds is 4. The lowest BCUT2D eigenvalue weighted by Gasteiger charge is -2.05. The number of nitrogens with zero attached hydrogens (tertiary/aromatic N) is 3. The van der Waals surface area contributed by atoms with Gasteiger partial charge in [0.2, 0.25) is 0 Å². The molecule has 2 heterocycles. The molecule has 5 nitrogen and oxygen atoms in total. The Balaban J connectivity index is 1.53. The summed E-state index contributed by atoms with van der Waals surface area (Å²) in [4.78, 5) is 12.6. The third kappa shape index (κ3) is 3.09. The van der Waals surface area contributed by atoms with Crippen molar-refractivity contribution in [2.45, 2.75) is 6.54 Å². The summed E-state index contributed by atoms with van der Waals surface area (Å²) >= 11 is 0. The Labute approximate surface area is 149 Å². The first-order chi connectivity index (χ1) is 12.6. The van der Waals surface area contributed by atoms with E-state index >= 15 is 0 Å². The number of carbonyl (C=O) groups excluding carboxylic acids is 1. The number of aryl methyl sites for hydroxylation is 1. The topological polar surface area (TPSA) is 51.9 Å². The summed E-state index contributed by atoms with van der Waals surface area (Å²) in [7, 11) is 1.74. The third-order valence-electron chi connectivity index (χ3n) is 4.31. The molecule has 26 heavy (non-hydrogen) atoms. The maximum Gasteiger partial charge on any atom is 0.273 e. The molecular formula is C20H17FN4O. The first-order valence-electron chi connectivity index (χ1n) is 8.24. The fourth-order valence-electron chi connectivity index (χ4n) is 2.99. The average Bonchev–Trinajstić information content (AvgIpc) is 3.20. The standard InChI is InChI=1S/C20H17FN4O/c1-24-17-12-16(21)8-7-15(17)11-18(24)20(26)22-19-9-10-25(23-19)13-14-5-3-2-4-6-14/h2-12H,13H2,1H3,(H,22,23,26). The van der Waals surface area contributed by atoms with Crippen LogP contribution >= 0.6 is 0 Å². The van der Waals surface area contributed by atoms with Crippen LogP contribution in [-0.2, 0) is 13.6 Å². The fourth-order valence-corrected chi connectivity index (χ4v) is 2.99. The second kappa shape index (κ2) is 6.48. The van der Waals surface area contributed by atoms with Crippen molar-refractivity contribution in [2.75, 3.05) is 5.32 Å². The number of aromatic nitrogens is 3. The number of hydrogen-bond acceptors (Lipinski definition) is 2. The minimum absolute atomic E-state index is 0.283. The van der Waals surface area contributed by atoms with Crippen LogP contribution in [0.4, 0.5) is 10.2 Å². The molecule has 0 bridgehead atoms. The second-order valence-electron chi connectivity index (χ2n) is 6.13.